The lowest BCUT2D eigenvalue weighted by Crippen LogP contribution is -2.22. The summed E-state index contributed by atoms with van der Waals surface area (Å²) in [5, 5.41) is 9.12. The van der Waals surface area contributed by atoms with Crippen molar-refractivity contribution < 1.29 is 9.53 Å². The second-order valence-electron chi connectivity index (χ2n) is 4.70. The van der Waals surface area contributed by atoms with Gasteiger partial charge in [0.1, 0.15) is 11.8 Å². The van der Waals surface area contributed by atoms with E-state index >= 15 is 0 Å². The quantitative estimate of drug-likeness (QED) is 0.460. The lowest BCUT2D eigenvalue weighted by Gasteiger charge is -2.16. The van der Waals surface area contributed by atoms with Crippen LogP contribution in [-0.4, -0.2) is 12.9 Å². The highest BCUT2D eigenvalue weighted by atomic mass is 16.5. The molecule has 0 saturated carbocycles. The molecule has 0 fully saturated rings. The fraction of sp³-hybridized carbons (Fsp3) is 0.250. The van der Waals surface area contributed by atoms with E-state index in [0.29, 0.717) is 0 Å². The fourth-order valence-corrected chi connectivity index (χ4v) is 1.46. The third-order valence-electron chi connectivity index (χ3n) is 2.89. The molecular weight excluding hydrogens is 238 g/mol. The van der Waals surface area contributed by atoms with Gasteiger partial charge in [-0.05, 0) is 37.6 Å². The summed E-state index contributed by atoms with van der Waals surface area (Å²) >= 11 is 0. The number of allylic oxidation sites excluding steroid dienone is 2. The molecule has 0 unspecified atom stereocenters. The molecule has 0 amide bonds. The van der Waals surface area contributed by atoms with Crippen LogP contribution < -0.4 is 4.74 Å². The minimum absolute atomic E-state index is 0.120. The zero-order valence-electron chi connectivity index (χ0n) is 11.4. The first-order valence-corrected chi connectivity index (χ1v) is 5.89. The Labute approximate surface area is 113 Å². The molecule has 3 nitrogen and oxygen atoms in total. The van der Waals surface area contributed by atoms with Crippen molar-refractivity contribution in [2.45, 2.75) is 13.8 Å². The number of ether oxygens (including phenoxy) is 1. The van der Waals surface area contributed by atoms with Crippen LogP contribution in [0.2, 0.25) is 0 Å². The maximum Gasteiger partial charge on any atom is 0.182 e. The molecule has 98 valence electrons. The van der Waals surface area contributed by atoms with E-state index in [1.54, 1.807) is 57.4 Å². The summed E-state index contributed by atoms with van der Waals surface area (Å²) in [6.07, 6.45) is 3.13. The largest absolute Gasteiger partial charge is 0.497 e. The number of hydrogen-bond acceptors (Lipinski definition) is 3. The van der Waals surface area contributed by atoms with E-state index in [-0.39, 0.29) is 11.4 Å². The number of ketones is 1. The molecule has 0 spiro atoms. The van der Waals surface area contributed by atoms with Crippen molar-refractivity contribution in [1.82, 2.24) is 0 Å². The summed E-state index contributed by atoms with van der Waals surface area (Å²) in [7, 11) is 1.59. The molecule has 0 aliphatic carbocycles. The number of carbonyl (C=O) groups is 1. The number of benzene rings is 1. The first kappa shape index (κ1) is 14.7. The van der Waals surface area contributed by atoms with E-state index in [0.717, 1.165) is 11.3 Å². The van der Waals surface area contributed by atoms with Crippen molar-refractivity contribution in [3.8, 4) is 11.8 Å². The molecule has 0 bridgehead atoms. The van der Waals surface area contributed by atoms with Crippen LogP contribution in [0.25, 0.3) is 6.08 Å². The molecule has 0 aliphatic rings. The molecule has 0 aliphatic heterocycles. The van der Waals surface area contributed by atoms with Gasteiger partial charge in [-0.1, -0.05) is 18.2 Å². The number of nitrogens with zero attached hydrogens (tertiary/aromatic N) is 1. The van der Waals surface area contributed by atoms with Gasteiger partial charge in [-0.25, -0.2) is 0 Å². The minimum atomic E-state index is -0.742. The van der Waals surface area contributed by atoms with E-state index in [4.69, 9.17) is 10.00 Å². The lowest BCUT2D eigenvalue weighted by atomic mass is 9.84. The van der Waals surface area contributed by atoms with Crippen LogP contribution in [0.4, 0.5) is 0 Å². The van der Waals surface area contributed by atoms with Crippen LogP contribution in [0.3, 0.4) is 0 Å². The van der Waals surface area contributed by atoms with Gasteiger partial charge in [0, 0.05) is 5.41 Å². The molecule has 0 N–H and O–H groups in total. The standard InChI is InChI=1S/C16H17NO2/c1-5-16(2,3)15(18)13(11-17)10-12-6-8-14(19-4)9-7-12/h5-10H,1H2,2-4H3/b13-10+. The van der Waals surface area contributed by atoms with Gasteiger partial charge in [0.2, 0.25) is 0 Å². The highest BCUT2D eigenvalue weighted by Crippen LogP contribution is 2.23. The molecule has 3 heteroatoms. The molecule has 0 heterocycles. The second-order valence-corrected chi connectivity index (χ2v) is 4.70. The monoisotopic (exact) mass is 255 g/mol. The summed E-state index contributed by atoms with van der Waals surface area (Å²) in [6.45, 7) is 7.10. The number of methoxy groups -OCH3 is 1. The van der Waals surface area contributed by atoms with Crippen LogP contribution in [0, 0.1) is 16.7 Å². The van der Waals surface area contributed by atoms with E-state index in [1.165, 1.54) is 0 Å². The van der Waals surface area contributed by atoms with Crippen LogP contribution in [0.5, 0.6) is 5.75 Å². The topological polar surface area (TPSA) is 50.1 Å². The Morgan fingerprint density at radius 3 is 2.37 bits per heavy atom. The average molecular weight is 255 g/mol. The molecule has 19 heavy (non-hydrogen) atoms. The predicted octanol–water partition coefficient (Wildman–Crippen LogP) is 3.38. The lowest BCUT2D eigenvalue weighted by molar-refractivity contribution is -0.120. The Hall–Kier alpha value is -2.34. The molecule has 1 aromatic carbocycles. The van der Waals surface area contributed by atoms with E-state index in [9.17, 15) is 4.79 Å². The molecule has 1 rings (SSSR count). The summed E-state index contributed by atoms with van der Waals surface area (Å²) < 4.78 is 5.05. The average Bonchev–Trinajstić information content (AvgIpc) is 2.44. The first-order chi connectivity index (χ1) is 8.94. The van der Waals surface area contributed by atoms with Crippen molar-refractivity contribution in [2.24, 2.45) is 5.41 Å². The maximum absolute atomic E-state index is 12.2. The molecule has 1 aromatic rings. The summed E-state index contributed by atoms with van der Waals surface area (Å²) in [6, 6.07) is 9.11. The number of rotatable bonds is 5. The van der Waals surface area contributed by atoms with Crippen molar-refractivity contribution in [2.75, 3.05) is 7.11 Å². The second kappa shape index (κ2) is 6.01. The highest BCUT2D eigenvalue weighted by molar-refractivity contribution is 6.07. The zero-order valence-corrected chi connectivity index (χ0v) is 11.4. The van der Waals surface area contributed by atoms with Gasteiger partial charge in [0.25, 0.3) is 0 Å². The maximum atomic E-state index is 12.2. The fourth-order valence-electron chi connectivity index (χ4n) is 1.46. The SMILES string of the molecule is C=CC(C)(C)C(=O)/C(C#N)=C/c1ccc(OC)cc1. The Morgan fingerprint density at radius 2 is 1.95 bits per heavy atom. The van der Waals surface area contributed by atoms with Crippen LogP contribution in [0.15, 0.2) is 42.5 Å². The highest BCUT2D eigenvalue weighted by Gasteiger charge is 2.26. The Bertz CT molecular complexity index is 545. The normalized spacial score (nSPS) is 11.6. The van der Waals surface area contributed by atoms with Crippen molar-refractivity contribution in [3.63, 3.8) is 0 Å². The van der Waals surface area contributed by atoms with Gasteiger partial charge < -0.3 is 4.74 Å². The minimum Gasteiger partial charge on any atom is -0.497 e. The summed E-state index contributed by atoms with van der Waals surface area (Å²) in [5.41, 5.74) is 0.161. The third kappa shape index (κ3) is 3.56. The summed E-state index contributed by atoms with van der Waals surface area (Å²) in [5.74, 6) is 0.495. The molecule has 0 aromatic heterocycles. The Kier molecular flexibility index (Phi) is 4.66. The van der Waals surface area contributed by atoms with Crippen LogP contribution in [0.1, 0.15) is 19.4 Å². The summed E-state index contributed by atoms with van der Waals surface area (Å²) in [4.78, 5) is 12.2. The van der Waals surface area contributed by atoms with E-state index < -0.39 is 5.41 Å². The smallest absolute Gasteiger partial charge is 0.182 e. The third-order valence-corrected chi connectivity index (χ3v) is 2.89. The van der Waals surface area contributed by atoms with Gasteiger partial charge in [0.15, 0.2) is 5.78 Å². The number of Topliss-reactive ketones (excluding diaryl/α,β-unsaturated/α-hetero) is 1. The van der Waals surface area contributed by atoms with Gasteiger partial charge in [0.05, 0.1) is 12.7 Å². The molecular formula is C16H17NO2. The van der Waals surface area contributed by atoms with Crippen molar-refractivity contribution in [1.29, 1.82) is 5.26 Å². The van der Waals surface area contributed by atoms with E-state index in [1.807, 2.05) is 6.07 Å². The van der Waals surface area contributed by atoms with Gasteiger partial charge in [-0.15, -0.1) is 6.58 Å². The number of carbonyl (C=O) groups excluding carboxylic acids is 1. The Morgan fingerprint density at radius 1 is 1.37 bits per heavy atom. The molecule has 0 radical (unpaired) electrons. The van der Waals surface area contributed by atoms with E-state index in [2.05, 4.69) is 6.58 Å². The van der Waals surface area contributed by atoms with Gasteiger partial charge in [-0.2, -0.15) is 5.26 Å². The number of nitriles is 1. The van der Waals surface area contributed by atoms with Crippen LogP contribution >= 0.6 is 0 Å². The zero-order chi connectivity index (χ0) is 14.5. The van der Waals surface area contributed by atoms with Gasteiger partial charge >= 0.3 is 0 Å². The predicted molar refractivity (Wildman–Crippen MR) is 75.6 cm³/mol. The van der Waals surface area contributed by atoms with Crippen LogP contribution in [-0.2, 0) is 4.79 Å². The molecule has 0 atom stereocenters. The van der Waals surface area contributed by atoms with Crippen molar-refractivity contribution >= 4 is 11.9 Å². The number of hydrogen-bond donors (Lipinski definition) is 0. The first-order valence-electron chi connectivity index (χ1n) is 5.89. The van der Waals surface area contributed by atoms with Gasteiger partial charge in [-0.3, -0.25) is 4.79 Å². The van der Waals surface area contributed by atoms with Crippen molar-refractivity contribution in [3.05, 3.63) is 48.1 Å². The Balaban J connectivity index is 3.09. The molecule has 0 saturated heterocycles.